The van der Waals surface area contributed by atoms with Crippen molar-refractivity contribution < 1.29 is 13.0 Å². The van der Waals surface area contributed by atoms with E-state index in [9.17, 15) is 8.42 Å². The van der Waals surface area contributed by atoms with Gasteiger partial charge in [-0.05, 0) is 12.1 Å². The van der Waals surface area contributed by atoms with Gasteiger partial charge < -0.3 is 4.98 Å². The number of hydrogen-bond donors (Lipinski definition) is 2. The zero-order valence-corrected chi connectivity index (χ0v) is 6.95. The molecule has 0 aliphatic heterocycles. The van der Waals surface area contributed by atoms with Gasteiger partial charge in [0.25, 0.3) is 10.1 Å². The highest BCUT2D eigenvalue weighted by Gasteiger charge is 2.09. The first-order chi connectivity index (χ1) is 5.02. The van der Waals surface area contributed by atoms with Crippen LogP contribution < -0.4 is 0 Å². The lowest BCUT2D eigenvalue weighted by Crippen LogP contribution is -1.99. The molecule has 0 spiro atoms. The van der Waals surface area contributed by atoms with E-state index in [1.165, 1.54) is 18.3 Å². The lowest BCUT2D eigenvalue weighted by molar-refractivity contribution is 0.482. The van der Waals surface area contributed by atoms with Gasteiger partial charge in [0.1, 0.15) is 9.54 Å². The molecule has 0 aliphatic rings. The second-order valence-corrected chi connectivity index (χ2v) is 3.64. The van der Waals surface area contributed by atoms with Crippen LogP contribution in [0, 0.1) is 4.64 Å². The summed E-state index contributed by atoms with van der Waals surface area (Å²) in [6.07, 6.45) is 1.48. The van der Waals surface area contributed by atoms with E-state index in [1.807, 2.05) is 0 Å². The summed E-state index contributed by atoms with van der Waals surface area (Å²) >= 11 is 4.61. The highest BCUT2D eigenvalue weighted by Crippen LogP contribution is 2.06. The summed E-state index contributed by atoms with van der Waals surface area (Å²) in [5.74, 6) is 0. The molecule has 1 aromatic heterocycles. The molecule has 1 heterocycles. The van der Waals surface area contributed by atoms with Gasteiger partial charge in [0.05, 0.1) is 0 Å². The fraction of sp³-hybridized carbons (Fsp3) is 0. The largest absolute Gasteiger partial charge is 0.352 e. The zero-order valence-electron chi connectivity index (χ0n) is 5.31. The van der Waals surface area contributed by atoms with Crippen LogP contribution in [0.1, 0.15) is 0 Å². The van der Waals surface area contributed by atoms with Crippen LogP contribution in [0.2, 0.25) is 0 Å². The van der Waals surface area contributed by atoms with E-state index >= 15 is 0 Å². The quantitative estimate of drug-likeness (QED) is 0.513. The van der Waals surface area contributed by atoms with Crippen LogP contribution in [0.15, 0.2) is 23.2 Å². The number of rotatable bonds is 1. The Bertz CT molecular complexity index is 406. The molecule has 0 radical (unpaired) electrons. The molecule has 0 unspecified atom stereocenters. The van der Waals surface area contributed by atoms with Gasteiger partial charge >= 0.3 is 0 Å². The van der Waals surface area contributed by atoms with E-state index in [1.54, 1.807) is 0 Å². The van der Waals surface area contributed by atoms with E-state index in [2.05, 4.69) is 17.2 Å². The topological polar surface area (TPSA) is 70.2 Å². The maximum atomic E-state index is 10.5. The number of nitrogens with one attached hydrogen (secondary N) is 1. The molecular weight excluding hydrogens is 186 g/mol. The predicted octanol–water partition coefficient (Wildman–Crippen LogP) is 0.991. The van der Waals surface area contributed by atoms with E-state index in [0.717, 1.165) is 0 Å². The molecule has 0 amide bonds. The minimum Gasteiger partial charge on any atom is -0.352 e. The smallest absolute Gasteiger partial charge is 0.297 e. The lowest BCUT2D eigenvalue weighted by atomic mass is 10.5. The summed E-state index contributed by atoms with van der Waals surface area (Å²) in [6.45, 7) is 0. The number of hydrogen-bond acceptors (Lipinski definition) is 3. The van der Waals surface area contributed by atoms with Crippen LogP contribution in [0.3, 0.4) is 0 Å². The summed E-state index contributed by atoms with van der Waals surface area (Å²) in [4.78, 5) is 2.21. The lowest BCUT2D eigenvalue weighted by Gasteiger charge is -1.93. The fourth-order valence-corrected chi connectivity index (χ4v) is 1.61. The van der Waals surface area contributed by atoms with Crippen molar-refractivity contribution >= 4 is 22.3 Å². The van der Waals surface area contributed by atoms with E-state index in [-0.39, 0.29) is 9.54 Å². The Morgan fingerprint density at radius 1 is 1.55 bits per heavy atom. The van der Waals surface area contributed by atoms with Crippen molar-refractivity contribution in [3.63, 3.8) is 0 Å². The first kappa shape index (κ1) is 8.38. The van der Waals surface area contributed by atoms with Gasteiger partial charge in [0.2, 0.25) is 0 Å². The van der Waals surface area contributed by atoms with E-state index in [0.29, 0.717) is 0 Å². The van der Waals surface area contributed by atoms with Gasteiger partial charge in [-0.25, -0.2) is 0 Å². The SMILES string of the molecule is O=S(=O)(O)c1ccc[nH]c1=S. The Balaban J connectivity index is 3.50. The number of aromatic amines is 1. The van der Waals surface area contributed by atoms with E-state index in [4.69, 9.17) is 4.55 Å². The first-order valence-corrected chi connectivity index (χ1v) is 4.52. The summed E-state index contributed by atoms with van der Waals surface area (Å²) in [7, 11) is -4.17. The molecule has 2 N–H and O–H groups in total. The minimum absolute atomic E-state index is 0.00926. The second kappa shape index (κ2) is 2.72. The molecule has 0 saturated carbocycles. The molecule has 11 heavy (non-hydrogen) atoms. The summed E-state index contributed by atoms with van der Waals surface area (Å²) < 4.78 is 29.6. The Kier molecular flexibility index (Phi) is 2.08. The fourth-order valence-electron chi connectivity index (χ4n) is 0.609. The van der Waals surface area contributed by atoms with Crippen LogP contribution in [0.25, 0.3) is 0 Å². The zero-order chi connectivity index (χ0) is 8.48. The van der Waals surface area contributed by atoms with Crippen LogP contribution in [0.5, 0.6) is 0 Å². The summed E-state index contributed by atoms with van der Waals surface area (Å²) in [5, 5.41) is 0. The summed E-state index contributed by atoms with van der Waals surface area (Å²) in [5.41, 5.74) is 0. The van der Waals surface area contributed by atoms with Crippen molar-refractivity contribution in [1.29, 1.82) is 0 Å². The maximum absolute atomic E-state index is 10.5. The molecule has 0 saturated heterocycles. The monoisotopic (exact) mass is 191 g/mol. The minimum atomic E-state index is -4.17. The number of pyridine rings is 1. The third kappa shape index (κ3) is 1.86. The Morgan fingerprint density at radius 3 is 2.55 bits per heavy atom. The molecule has 1 aromatic rings. The number of H-pyrrole nitrogens is 1. The van der Waals surface area contributed by atoms with Crippen molar-refractivity contribution in [2.24, 2.45) is 0 Å². The van der Waals surface area contributed by atoms with Gasteiger partial charge in [0.15, 0.2) is 0 Å². The van der Waals surface area contributed by atoms with Gasteiger partial charge in [-0.3, -0.25) is 4.55 Å². The van der Waals surface area contributed by atoms with Crippen LogP contribution in [-0.4, -0.2) is 18.0 Å². The molecule has 60 valence electrons. The molecule has 6 heteroatoms. The number of aromatic nitrogens is 1. The Hall–Kier alpha value is -0.720. The highest BCUT2D eigenvalue weighted by molar-refractivity contribution is 7.86. The maximum Gasteiger partial charge on any atom is 0.297 e. The predicted molar refractivity (Wildman–Crippen MR) is 41.4 cm³/mol. The van der Waals surface area contributed by atoms with Crippen LogP contribution >= 0.6 is 12.2 Å². The Morgan fingerprint density at radius 2 is 2.18 bits per heavy atom. The molecule has 0 aliphatic carbocycles. The molecular formula is C5H5NO3S2. The Labute approximate surface area is 68.6 Å². The third-order valence-electron chi connectivity index (χ3n) is 1.06. The van der Waals surface area contributed by atoms with Gasteiger partial charge in [-0.15, -0.1) is 0 Å². The second-order valence-electron chi connectivity index (χ2n) is 1.84. The summed E-state index contributed by atoms with van der Waals surface area (Å²) in [6, 6.07) is 2.67. The average molecular weight is 191 g/mol. The highest BCUT2D eigenvalue weighted by atomic mass is 32.2. The molecule has 4 nitrogen and oxygen atoms in total. The molecule has 0 atom stereocenters. The third-order valence-corrected chi connectivity index (χ3v) is 2.42. The standard InChI is InChI=1S/C5H5NO3S2/c7-11(8,9)4-2-1-3-6-5(4)10/h1-3H,(H,6,10)(H,7,8,9). The molecule has 0 aromatic carbocycles. The van der Waals surface area contributed by atoms with Crippen molar-refractivity contribution in [1.82, 2.24) is 4.98 Å². The molecule has 1 rings (SSSR count). The van der Waals surface area contributed by atoms with Crippen molar-refractivity contribution in [2.45, 2.75) is 4.90 Å². The van der Waals surface area contributed by atoms with Crippen LogP contribution in [0.4, 0.5) is 0 Å². The van der Waals surface area contributed by atoms with E-state index < -0.39 is 10.1 Å². The van der Waals surface area contributed by atoms with Crippen molar-refractivity contribution in [3.05, 3.63) is 23.0 Å². The van der Waals surface area contributed by atoms with Gasteiger partial charge in [-0.2, -0.15) is 8.42 Å². The average Bonchev–Trinajstić information content (AvgIpc) is 1.86. The first-order valence-electron chi connectivity index (χ1n) is 2.67. The molecule has 0 bridgehead atoms. The van der Waals surface area contributed by atoms with Gasteiger partial charge in [-0.1, -0.05) is 12.2 Å². The van der Waals surface area contributed by atoms with Crippen molar-refractivity contribution in [2.75, 3.05) is 0 Å². The molecule has 0 fully saturated rings. The van der Waals surface area contributed by atoms with Crippen molar-refractivity contribution in [3.8, 4) is 0 Å². The van der Waals surface area contributed by atoms with Crippen LogP contribution in [-0.2, 0) is 10.1 Å². The normalized spacial score (nSPS) is 11.4. The van der Waals surface area contributed by atoms with Gasteiger partial charge in [0, 0.05) is 6.20 Å².